The molecule has 0 spiro atoms. The average molecular weight is 323 g/mol. The van der Waals surface area contributed by atoms with Crippen LogP contribution in [0, 0.1) is 16.0 Å². The molecule has 0 aromatic heterocycles. The summed E-state index contributed by atoms with van der Waals surface area (Å²) in [7, 11) is 0. The van der Waals surface area contributed by atoms with E-state index in [1.54, 1.807) is 12.1 Å². The summed E-state index contributed by atoms with van der Waals surface area (Å²) in [4.78, 5) is 26.8. The number of ether oxygens (including phenoxy) is 1. The van der Waals surface area contributed by atoms with E-state index in [4.69, 9.17) is 4.74 Å². The molecule has 0 saturated carbocycles. The number of non-ortho nitro benzene ring substituents is 1. The van der Waals surface area contributed by atoms with Gasteiger partial charge in [-0.3, -0.25) is 10.1 Å². The number of urea groups is 1. The molecule has 0 aliphatic carbocycles. The maximum Gasteiger partial charge on any atom is 0.341 e. The summed E-state index contributed by atoms with van der Waals surface area (Å²) in [5.41, 5.74) is 2.11. The van der Waals surface area contributed by atoms with Gasteiger partial charge in [-0.1, -0.05) is 24.3 Å². The number of nitro groups is 1. The Hall–Kier alpha value is -3.22. The molecule has 2 atom stereocenters. The average Bonchev–Trinajstić information content (AvgIpc) is 2.61. The van der Waals surface area contributed by atoms with Crippen LogP contribution in [0.4, 0.5) is 10.5 Å². The molecule has 2 heterocycles. The molecule has 2 aromatic rings. The number of nitro benzene ring substituents is 1. The molecule has 0 saturated heterocycles. The van der Waals surface area contributed by atoms with E-state index in [-0.39, 0.29) is 11.6 Å². The van der Waals surface area contributed by atoms with Gasteiger partial charge in [-0.2, -0.15) is 4.99 Å². The van der Waals surface area contributed by atoms with Gasteiger partial charge in [-0.15, -0.1) is 0 Å². The van der Waals surface area contributed by atoms with Crippen LogP contribution in [0.2, 0.25) is 0 Å². The monoisotopic (exact) mass is 323 g/mol. The molecule has 0 bridgehead atoms. The van der Waals surface area contributed by atoms with Gasteiger partial charge in [-0.05, 0) is 17.7 Å². The van der Waals surface area contributed by atoms with Crippen LogP contribution in [-0.2, 0) is 0 Å². The second kappa shape index (κ2) is 5.45. The van der Waals surface area contributed by atoms with Crippen molar-refractivity contribution in [3.05, 3.63) is 69.8 Å². The summed E-state index contributed by atoms with van der Waals surface area (Å²) < 4.78 is 5.79. The Bertz CT molecular complexity index is 878. The van der Waals surface area contributed by atoms with Gasteiger partial charge in [0.2, 0.25) is 0 Å². The van der Waals surface area contributed by atoms with Crippen LogP contribution in [0.3, 0.4) is 0 Å². The van der Waals surface area contributed by atoms with E-state index in [0.717, 1.165) is 5.56 Å². The van der Waals surface area contributed by atoms with E-state index in [0.29, 0.717) is 23.6 Å². The Kier molecular flexibility index (Phi) is 3.26. The lowest BCUT2D eigenvalue weighted by Crippen LogP contribution is -2.45. The van der Waals surface area contributed by atoms with Crippen LogP contribution in [0.25, 0.3) is 0 Å². The number of hydrogen-bond donors (Lipinski definition) is 1. The Balaban J connectivity index is 1.78. The highest BCUT2D eigenvalue weighted by atomic mass is 16.6. The van der Waals surface area contributed by atoms with E-state index in [1.165, 1.54) is 12.1 Å². The minimum Gasteiger partial charge on any atom is -0.492 e. The fourth-order valence-corrected chi connectivity index (χ4v) is 3.18. The number of para-hydroxylation sites is 1. The first-order valence-electron chi connectivity index (χ1n) is 7.49. The molecule has 0 fully saturated rings. The normalized spacial score (nSPS) is 21.7. The van der Waals surface area contributed by atoms with Gasteiger partial charge in [-0.25, -0.2) is 4.79 Å². The van der Waals surface area contributed by atoms with Crippen LogP contribution < -0.4 is 10.1 Å². The Morgan fingerprint density at radius 1 is 1.21 bits per heavy atom. The number of nitrogens with one attached hydrogen (secondary N) is 1. The summed E-state index contributed by atoms with van der Waals surface area (Å²) in [6, 6.07) is 12.8. The summed E-state index contributed by atoms with van der Waals surface area (Å²) in [5.74, 6) is 0.500. The van der Waals surface area contributed by atoms with Crippen LogP contribution >= 0.6 is 0 Å². The minimum absolute atomic E-state index is 0.0112. The molecule has 2 aliphatic rings. The molecule has 120 valence electrons. The summed E-state index contributed by atoms with van der Waals surface area (Å²) in [6.45, 7) is 0.351. The highest BCUT2D eigenvalue weighted by Crippen LogP contribution is 2.37. The molecule has 24 heavy (non-hydrogen) atoms. The molecule has 2 aliphatic heterocycles. The van der Waals surface area contributed by atoms with Crippen LogP contribution in [0.1, 0.15) is 17.2 Å². The Morgan fingerprint density at radius 2 is 2.04 bits per heavy atom. The first kappa shape index (κ1) is 14.4. The van der Waals surface area contributed by atoms with E-state index in [2.05, 4.69) is 10.3 Å². The number of amides is 2. The minimum atomic E-state index is -0.450. The number of aliphatic imine (C=N–C) groups is 1. The predicted octanol–water partition coefficient (Wildman–Crippen LogP) is 2.86. The molecule has 1 N–H and O–H groups in total. The third-order valence-corrected chi connectivity index (χ3v) is 4.28. The van der Waals surface area contributed by atoms with Crippen LogP contribution in [0.15, 0.2) is 53.5 Å². The first-order valence-corrected chi connectivity index (χ1v) is 7.49. The van der Waals surface area contributed by atoms with Crippen molar-refractivity contribution in [2.24, 2.45) is 10.9 Å². The smallest absolute Gasteiger partial charge is 0.341 e. The number of carbonyl (C=O) groups excluding carboxylic acids is 1. The van der Waals surface area contributed by atoms with Crippen molar-refractivity contribution in [3.8, 4) is 5.75 Å². The van der Waals surface area contributed by atoms with Gasteiger partial charge in [0.15, 0.2) is 0 Å². The number of hydrogen-bond acceptors (Lipinski definition) is 4. The van der Waals surface area contributed by atoms with E-state index in [9.17, 15) is 14.9 Å². The predicted molar refractivity (Wildman–Crippen MR) is 86.3 cm³/mol. The van der Waals surface area contributed by atoms with Gasteiger partial charge in [0.05, 0.1) is 29.2 Å². The Morgan fingerprint density at radius 3 is 2.88 bits per heavy atom. The van der Waals surface area contributed by atoms with Crippen molar-refractivity contribution in [1.82, 2.24) is 5.32 Å². The lowest BCUT2D eigenvalue weighted by molar-refractivity contribution is -0.384. The Labute approximate surface area is 137 Å². The topological polar surface area (TPSA) is 93.8 Å². The molecule has 0 radical (unpaired) electrons. The standard InChI is InChI=1S/C17H13N3O4/c21-17-18-15(10-4-3-5-11(8-10)20(22)23)13-9-24-14-7-2-1-6-12(14)16(13)19-17/h1-8,13,15H,9H2,(H,18,21). The van der Waals surface area contributed by atoms with Crippen molar-refractivity contribution < 1.29 is 14.5 Å². The van der Waals surface area contributed by atoms with Crippen LogP contribution in [-0.4, -0.2) is 23.3 Å². The fraction of sp³-hybridized carbons (Fsp3) is 0.176. The molecule has 7 heteroatoms. The van der Waals surface area contributed by atoms with Gasteiger partial charge in [0.25, 0.3) is 5.69 Å². The number of fused-ring (bicyclic) bond motifs is 3. The van der Waals surface area contributed by atoms with Gasteiger partial charge in [0.1, 0.15) is 5.75 Å². The van der Waals surface area contributed by atoms with E-state index in [1.807, 2.05) is 24.3 Å². The van der Waals surface area contributed by atoms with E-state index >= 15 is 0 Å². The highest BCUT2D eigenvalue weighted by Gasteiger charge is 2.38. The van der Waals surface area contributed by atoms with Crippen molar-refractivity contribution >= 4 is 17.4 Å². The van der Waals surface area contributed by atoms with Crippen molar-refractivity contribution in [2.45, 2.75) is 6.04 Å². The van der Waals surface area contributed by atoms with Crippen molar-refractivity contribution in [2.75, 3.05) is 6.61 Å². The number of carbonyl (C=O) groups is 1. The van der Waals surface area contributed by atoms with E-state index < -0.39 is 17.0 Å². The van der Waals surface area contributed by atoms with Crippen molar-refractivity contribution in [3.63, 3.8) is 0 Å². The maximum absolute atomic E-state index is 12.1. The van der Waals surface area contributed by atoms with Crippen LogP contribution in [0.5, 0.6) is 5.75 Å². The molecular weight excluding hydrogens is 310 g/mol. The SMILES string of the molecule is O=C1N=C2c3ccccc3OCC2C(c2cccc([N+](=O)[O-])c2)N1. The van der Waals surface area contributed by atoms with Gasteiger partial charge in [0, 0.05) is 17.7 Å². The fourth-order valence-electron chi connectivity index (χ4n) is 3.18. The quantitative estimate of drug-likeness (QED) is 0.679. The summed E-state index contributed by atoms with van der Waals surface area (Å²) in [5, 5.41) is 13.8. The zero-order chi connectivity index (χ0) is 16.7. The third kappa shape index (κ3) is 2.30. The van der Waals surface area contributed by atoms with Gasteiger partial charge < -0.3 is 10.1 Å². The highest BCUT2D eigenvalue weighted by molar-refractivity contribution is 6.11. The third-order valence-electron chi connectivity index (χ3n) is 4.28. The summed E-state index contributed by atoms with van der Waals surface area (Å²) >= 11 is 0. The van der Waals surface area contributed by atoms with Crippen molar-refractivity contribution in [1.29, 1.82) is 0 Å². The largest absolute Gasteiger partial charge is 0.492 e. The maximum atomic E-state index is 12.1. The molecule has 2 aromatic carbocycles. The summed E-state index contributed by atoms with van der Waals surface area (Å²) in [6.07, 6.45) is 0. The number of rotatable bonds is 2. The second-order valence-electron chi connectivity index (χ2n) is 5.69. The molecule has 2 amide bonds. The van der Waals surface area contributed by atoms with Gasteiger partial charge >= 0.3 is 6.03 Å². The number of nitrogens with zero attached hydrogens (tertiary/aromatic N) is 2. The number of benzene rings is 2. The molecule has 4 rings (SSSR count). The lowest BCUT2D eigenvalue weighted by atomic mass is 9.83. The second-order valence-corrected chi connectivity index (χ2v) is 5.69. The molecule has 7 nitrogen and oxygen atoms in total. The molecular formula is C17H13N3O4. The lowest BCUT2D eigenvalue weighted by Gasteiger charge is -2.35. The zero-order valence-electron chi connectivity index (χ0n) is 12.5. The molecule has 2 unspecified atom stereocenters. The first-order chi connectivity index (χ1) is 11.6. The zero-order valence-corrected chi connectivity index (χ0v) is 12.5.